The molecule has 2 aromatic carbocycles. The van der Waals surface area contributed by atoms with E-state index in [4.69, 9.17) is 0 Å². The molecule has 5 aromatic rings. The third-order valence-corrected chi connectivity index (χ3v) is 4.78. The van der Waals surface area contributed by atoms with E-state index in [0.29, 0.717) is 5.39 Å². The number of aryl methyl sites for hydroxylation is 1. The molecule has 0 saturated carbocycles. The molecule has 0 amide bonds. The lowest BCUT2D eigenvalue weighted by molar-refractivity contribution is 0.940. The second-order valence-corrected chi connectivity index (χ2v) is 6.45. The Labute approximate surface area is 155 Å². The average molecular weight is 352 g/mol. The lowest BCUT2D eigenvalue weighted by Gasteiger charge is -2.08. The smallest absolute Gasteiger partial charge is 0.266 e. The summed E-state index contributed by atoms with van der Waals surface area (Å²) in [4.78, 5) is 17.6. The van der Waals surface area contributed by atoms with Gasteiger partial charge in [0.2, 0.25) is 0 Å². The van der Waals surface area contributed by atoms with Crippen LogP contribution < -0.4 is 5.56 Å². The van der Waals surface area contributed by atoms with Crippen LogP contribution in [0.5, 0.6) is 0 Å². The van der Waals surface area contributed by atoms with Crippen LogP contribution in [0.4, 0.5) is 0 Å². The van der Waals surface area contributed by atoms with E-state index in [9.17, 15) is 4.79 Å². The van der Waals surface area contributed by atoms with Gasteiger partial charge in [-0.2, -0.15) is 5.10 Å². The van der Waals surface area contributed by atoms with Gasteiger partial charge in [-0.15, -0.1) is 0 Å². The summed E-state index contributed by atoms with van der Waals surface area (Å²) < 4.78 is 3.40. The number of hydrogen-bond acceptors (Lipinski definition) is 3. The summed E-state index contributed by atoms with van der Waals surface area (Å²) >= 11 is 0. The Kier molecular flexibility index (Phi) is 3.40. The first-order valence-corrected chi connectivity index (χ1v) is 8.74. The van der Waals surface area contributed by atoms with E-state index in [1.54, 1.807) is 21.5 Å². The maximum atomic E-state index is 13.0. The summed E-state index contributed by atoms with van der Waals surface area (Å²) in [5, 5.41) is 5.21. The Bertz CT molecular complexity index is 1340. The van der Waals surface area contributed by atoms with Crippen LogP contribution in [0.25, 0.3) is 33.4 Å². The molecule has 3 aromatic heterocycles. The molecule has 0 bridgehead atoms. The zero-order valence-electron chi connectivity index (χ0n) is 14.7. The van der Waals surface area contributed by atoms with Crippen molar-refractivity contribution in [3.63, 3.8) is 0 Å². The Hall–Kier alpha value is -3.73. The fourth-order valence-electron chi connectivity index (χ4n) is 3.51. The zero-order chi connectivity index (χ0) is 18.4. The van der Waals surface area contributed by atoms with E-state index in [1.165, 1.54) is 0 Å². The van der Waals surface area contributed by atoms with Crippen molar-refractivity contribution in [3.05, 3.63) is 95.2 Å². The maximum Gasteiger partial charge on any atom is 0.266 e. The lowest BCUT2D eigenvalue weighted by atomic mass is 10.1. The molecule has 130 valence electrons. The van der Waals surface area contributed by atoms with E-state index in [1.807, 2.05) is 73.7 Å². The molecule has 5 heteroatoms. The Balaban J connectivity index is 1.80. The molecule has 0 spiro atoms. The Morgan fingerprint density at radius 3 is 2.33 bits per heavy atom. The Morgan fingerprint density at radius 1 is 0.889 bits per heavy atom. The van der Waals surface area contributed by atoms with Crippen LogP contribution in [-0.4, -0.2) is 19.2 Å². The summed E-state index contributed by atoms with van der Waals surface area (Å²) in [5.41, 5.74) is 5.16. The standard InChI is InChI=1S/C22H16N4O/c1-15-20(16-8-4-2-5-9-16)21-23-14-18-19(26(21)24-15)12-13-25(22(18)27)17-10-6-3-7-11-17/h2-14H,1H3. The van der Waals surface area contributed by atoms with Crippen LogP contribution in [-0.2, 0) is 0 Å². The lowest BCUT2D eigenvalue weighted by Crippen LogP contribution is -2.18. The van der Waals surface area contributed by atoms with Crippen molar-refractivity contribution in [3.8, 4) is 16.8 Å². The molecule has 5 nitrogen and oxygen atoms in total. The molecule has 0 aliphatic carbocycles. The van der Waals surface area contributed by atoms with Gasteiger partial charge in [0.05, 0.1) is 16.6 Å². The topological polar surface area (TPSA) is 52.2 Å². The summed E-state index contributed by atoms with van der Waals surface area (Å²) in [7, 11) is 0. The quantitative estimate of drug-likeness (QED) is 0.482. The highest BCUT2D eigenvalue weighted by molar-refractivity contribution is 5.86. The molecular formula is C22H16N4O. The SMILES string of the molecule is Cc1nn2c(ncc3c(=O)n(-c4ccccc4)ccc32)c1-c1ccccc1. The summed E-state index contributed by atoms with van der Waals surface area (Å²) in [6.07, 6.45) is 3.44. The van der Waals surface area contributed by atoms with E-state index < -0.39 is 0 Å². The van der Waals surface area contributed by atoms with Crippen molar-refractivity contribution < 1.29 is 0 Å². The normalized spacial score (nSPS) is 11.3. The average Bonchev–Trinajstić information content (AvgIpc) is 3.06. The van der Waals surface area contributed by atoms with Gasteiger partial charge < -0.3 is 0 Å². The van der Waals surface area contributed by atoms with E-state index in [-0.39, 0.29) is 5.56 Å². The zero-order valence-corrected chi connectivity index (χ0v) is 14.7. The molecule has 27 heavy (non-hydrogen) atoms. The van der Waals surface area contributed by atoms with Crippen LogP contribution in [0.3, 0.4) is 0 Å². The van der Waals surface area contributed by atoms with Crippen LogP contribution in [0.1, 0.15) is 5.69 Å². The molecule has 0 aliphatic heterocycles. The second kappa shape index (κ2) is 5.92. The second-order valence-electron chi connectivity index (χ2n) is 6.45. The van der Waals surface area contributed by atoms with Crippen molar-refractivity contribution >= 4 is 16.6 Å². The largest absolute Gasteiger partial charge is 0.284 e. The van der Waals surface area contributed by atoms with Crippen molar-refractivity contribution in [2.45, 2.75) is 6.92 Å². The molecule has 3 heterocycles. The van der Waals surface area contributed by atoms with Crippen molar-refractivity contribution in [1.29, 1.82) is 0 Å². The molecule has 0 atom stereocenters. The maximum absolute atomic E-state index is 13.0. The van der Waals surface area contributed by atoms with Crippen molar-refractivity contribution in [2.75, 3.05) is 0 Å². The number of hydrogen-bond donors (Lipinski definition) is 0. The first kappa shape index (κ1) is 15.5. The van der Waals surface area contributed by atoms with Gasteiger partial charge in [0.1, 0.15) is 0 Å². The molecule has 0 saturated heterocycles. The van der Waals surface area contributed by atoms with Crippen molar-refractivity contribution in [1.82, 2.24) is 19.2 Å². The first-order chi connectivity index (χ1) is 13.2. The Morgan fingerprint density at radius 2 is 1.59 bits per heavy atom. The van der Waals surface area contributed by atoms with Gasteiger partial charge in [-0.25, -0.2) is 9.50 Å². The van der Waals surface area contributed by atoms with Gasteiger partial charge in [0.25, 0.3) is 5.56 Å². The van der Waals surface area contributed by atoms with Gasteiger partial charge in [0, 0.05) is 23.6 Å². The van der Waals surface area contributed by atoms with Crippen LogP contribution >= 0.6 is 0 Å². The highest BCUT2D eigenvalue weighted by Crippen LogP contribution is 2.28. The molecule has 0 fully saturated rings. The van der Waals surface area contributed by atoms with Crippen LogP contribution in [0.2, 0.25) is 0 Å². The minimum atomic E-state index is -0.109. The fourth-order valence-corrected chi connectivity index (χ4v) is 3.51. The number of nitrogens with zero attached hydrogens (tertiary/aromatic N) is 4. The molecule has 5 rings (SSSR count). The number of rotatable bonds is 2. The summed E-state index contributed by atoms with van der Waals surface area (Å²) in [6, 6.07) is 21.6. The third kappa shape index (κ3) is 2.36. The van der Waals surface area contributed by atoms with E-state index >= 15 is 0 Å². The van der Waals surface area contributed by atoms with Gasteiger partial charge in [-0.05, 0) is 30.7 Å². The van der Waals surface area contributed by atoms with E-state index in [2.05, 4.69) is 10.1 Å². The van der Waals surface area contributed by atoms with Gasteiger partial charge in [0.15, 0.2) is 5.65 Å². The minimum absolute atomic E-state index is 0.109. The molecule has 0 unspecified atom stereocenters. The summed E-state index contributed by atoms with van der Waals surface area (Å²) in [5.74, 6) is 0. The third-order valence-electron chi connectivity index (χ3n) is 4.78. The molecule has 0 radical (unpaired) electrons. The minimum Gasteiger partial charge on any atom is -0.284 e. The number of aromatic nitrogens is 4. The summed E-state index contributed by atoms with van der Waals surface area (Å²) in [6.45, 7) is 1.97. The monoisotopic (exact) mass is 352 g/mol. The number of para-hydroxylation sites is 1. The van der Waals surface area contributed by atoms with Crippen molar-refractivity contribution in [2.24, 2.45) is 0 Å². The predicted octanol–water partition coefficient (Wildman–Crippen LogP) is 4.01. The number of benzene rings is 2. The van der Waals surface area contributed by atoms with Crippen LogP contribution in [0.15, 0.2) is 83.9 Å². The highest BCUT2D eigenvalue weighted by Gasteiger charge is 2.16. The number of pyridine rings is 1. The molecular weight excluding hydrogens is 336 g/mol. The highest BCUT2D eigenvalue weighted by atomic mass is 16.1. The van der Waals surface area contributed by atoms with Gasteiger partial charge in [-0.1, -0.05) is 48.5 Å². The predicted molar refractivity (Wildman–Crippen MR) is 106 cm³/mol. The van der Waals surface area contributed by atoms with Gasteiger partial charge >= 0.3 is 0 Å². The first-order valence-electron chi connectivity index (χ1n) is 8.74. The fraction of sp³-hybridized carbons (Fsp3) is 0.0455. The molecule has 0 aliphatic rings. The van der Waals surface area contributed by atoms with Gasteiger partial charge in [-0.3, -0.25) is 9.36 Å². The number of fused-ring (bicyclic) bond motifs is 3. The van der Waals surface area contributed by atoms with E-state index in [0.717, 1.165) is 33.7 Å². The van der Waals surface area contributed by atoms with Crippen LogP contribution in [0, 0.1) is 6.92 Å². The molecule has 0 N–H and O–H groups in total.